The van der Waals surface area contributed by atoms with Crippen molar-refractivity contribution in [3.05, 3.63) is 41.7 Å². The topological polar surface area (TPSA) is 81.1 Å². The number of anilines is 1. The summed E-state index contributed by atoms with van der Waals surface area (Å²) in [5.41, 5.74) is 2.18. The van der Waals surface area contributed by atoms with Crippen LogP contribution in [-0.4, -0.2) is 40.1 Å². The first-order chi connectivity index (χ1) is 13.8. The lowest BCUT2D eigenvalue weighted by Crippen LogP contribution is -2.29. The van der Waals surface area contributed by atoms with Gasteiger partial charge in [0.1, 0.15) is 0 Å². The molecule has 1 amide bonds. The van der Waals surface area contributed by atoms with E-state index in [4.69, 9.17) is 4.74 Å². The number of benzene rings is 1. The van der Waals surface area contributed by atoms with Gasteiger partial charge >= 0.3 is 0 Å². The minimum Gasteiger partial charge on any atom is -0.374 e. The predicted octanol–water partition coefficient (Wildman–Crippen LogP) is 3.73. The Labute approximate surface area is 178 Å². The second kappa shape index (κ2) is 10.7. The maximum Gasteiger partial charge on any atom is 0.277 e. The van der Waals surface area contributed by atoms with Gasteiger partial charge in [0.15, 0.2) is 5.69 Å². The van der Waals surface area contributed by atoms with Crippen LogP contribution in [0.3, 0.4) is 0 Å². The number of halogens is 1. The number of piperidine rings is 1. The Balaban J connectivity index is 0.00000240. The summed E-state index contributed by atoms with van der Waals surface area (Å²) in [5.74, 6) is -0.231. The molecule has 0 unspecified atom stereocenters. The highest BCUT2D eigenvalue weighted by Crippen LogP contribution is 2.22. The number of nitrogens with zero attached hydrogens (tertiary/aromatic N) is 3. The highest BCUT2D eigenvalue weighted by molar-refractivity contribution is 6.02. The van der Waals surface area contributed by atoms with Gasteiger partial charge in [-0.25, -0.2) is 4.68 Å². The van der Waals surface area contributed by atoms with E-state index in [0.29, 0.717) is 24.4 Å². The zero-order valence-electron chi connectivity index (χ0n) is 16.7. The van der Waals surface area contributed by atoms with Crippen LogP contribution in [0.5, 0.6) is 0 Å². The first-order valence-corrected chi connectivity index (χ1v) is 10.4. The molecule has 1 aliphatic heterocycles. The first kappa shape index (κ1) is 21.7. The molecule has 1 aromatic carbocycles. The van der Waals surface area contributed by atoms with Crippen LogP contribution in [-0.2, 0) is 11.3 Å². The molecule has 1 saturated heterocycles. The van der Waals surface area contributed by atoms with Gasteiger partial charge in [-0.15, -0.1) is 17.5 Å². The van der Waals surface area contributed by atoms with E-state index in [-0.39, 0.29) is 18.3 Å². The van der Waals surface area contributed by atoms with E-state index < -0.39 is 0 Å². The van der Waals surface area contributed by atoms with Crippen molar-refractivity contribution in [3.8, 4) is 0 Å². The number of hydrogen-bond donors (Lipinski definition) is 2. The van der Waals surface area contributed by atoms with Crippen molar-refractivity contribution in [1.29, 1.82) is 0 Å². The van der Waals surface area contributed by atoms with E-state index in [9.17, 15) is 4.79 Å². The Bertz CT molecular complexity index is 785. The van der Waals surface area contributed by atoms with Crippen molar-refractivity contribution in [3.63, 3.8) is 0 Å². The molecule has 29 heavy (non-hydrogen) atoms. The number of carbonyl (C=O) groups is 1. The Hall–Kier alpha value is -1.96. The molecule has 4 rings (SSSR count). The van der Waals surface area contributed by atoms with Crippen molar-refractivity contribution in [2.24, 2.45) is 0 Å². The van der Waals surface area contributed by atoms with E-state index in [0.717, 1.165) is 50.0 Å². The number of nitrogens with one attached hydrogen (secondary N) is 2. The molecule has 0 radical (unpaired) electrons. The minimum absolute atomic E-state index is 0. The van der Waals surface area contributed by atoms with Gasteiger partial charge in [-0.2, -0.15) is 0 Å². The van der Waals surface area contributed by atoms with Crippen molar-refractivity contribution in [2.45, 2.75) is 63.7 Å². The second-order valence-electron chi connectivity index (χ2n) is 7.79. The average Bonchev–Trinajstić information content (AvgIpc) is 3.25. The summed E-state index contributed by atoms with van der Waals surface area (Å²) >= 11 is 0. The third-order valence-electron chi connectivity index (χ3n) is 5.65. The molecule has 158 valence electrons. The van der Waals surface area contributed by atoms with Crippen molar-refractivity contribution >= 4 is 24.0 Å². The number of amides is 1. The van der Waals surface area contributed by atoms with Gasteiger partial charge in [-0.3, -0.25) is 4.79 Å². The molecule has 0 atom stereocenters. The van der Waals surface area contributed by atoms with E-state index in [1.54, 1.807) is 6.20 Å². The largest absolute Gasteiger partial charge is 0.374 e. The van der Waals surface area contributed by atoms with Crippen LogP contribution < -0.4 is 10.6 Å². The van der Waals surface area contributed by atoms with Crippen LogP contribution in [0.15, 0.2) is 30.5 Å². The van der Waals surface area contributed by atoms with Crippen LogP contribution in [0.25, 0.3) is 0 Å². The lowest BCUT2D eigenvalue weighted by Gasteiger charge is -2.22. The molecular weight excluding hydrogens is 390 g/mol. The molecule has 2 aromatic rings. The van der Waals surface area contributed by atoms with Crippen molar-refractivity contribution in [1.82, 2.24) is 20.3 Å². The van der Waals surface area contributed by atoms with E-state index >= 15 is 0 Å². The lowest BCUT2D eigenvalue weighted by molar-refractivity contribution is 0.0169. The first-order valence-electron chi connectivity index (χ1n) is 10.4. The van der Waals surface area contributed by atoms with Crippen LogP contribution in [0, 0.1) is 0 Å². The maximum atomic E-state index is 12.6. The van der Waals surface area contributed by atoms with Gasteiger partial charge in [0, 0.05) is 5.69 Å². The van der Waals surface area contributed by atoms with Gasteiger partial charge in [-0.1, -0.05) is 36.6 Å². The van der Waals surface area contributed by atoms with Gasteiger partial charge < -0.3 is 15.4 Å². The van der Waals surface area contributed by atoms with E-state index in [1.807, 2.05) is 28.9 Å². The van der Waals surface area contributed by atoms with Crippen molar-refractivity contribution in [2.75, 3.05) is 18.4 Å². The molecular formula is C21H30ClN5O2. The predicted molar refractivity (Wildman–Crippen MR) is 114 cm³/mol. The van der Waals surface area contributed by atoms with Gasteiger partial charge in [-0.05, 0) is 56.5 Å². The number of ether oxygens (including phenoxy) is 1. The molecule has 2 fully saturated rings. The van der Waals surface area contributed by atoms with Gasteiger partial charge in [0.2, 0.25) is 0 Å². The fourth-order valence-corrected chi connectivity index (χ4v) is 4.01. The number of carbonyl (C=O) groups excluding carboxylic acids is 1. The summed E-state index contributed by atoms with van der Waals surface area (Å²) in [5, 5.41) is 14.5. The molecule has 2 heterocycles. The van der Waals surface area contributed by atoms with Gasteiger partial charge in [0.25, 0.3) is 5.91 Å². The molecule has 0 spiro atoms. The molecule has 1 aliphatic carbocycles. The molecule has 7 nitrogen and oxygen atoms in total. The maximum absolute atomic E-state index is 12.6. The summed E-state index contributed by atoms with van der Waals surface area (Å²) in [6, 6.07) is 8.15. The highest BCUT2D eigenvalue weighted by atomic mass is 35.5. The second-order valence-corrected chi connectivity index (χ2v) is 7.79. The minimum atomic E-state index is -0.231. The van der Waals surface area contributed by atoms with E-state index in [1.165, 1.54) is 19.3 Å². The molecule has 8 heteroatoms. The summed E-state index contributed by atoms with van der Waals surface area (Å²) < 4.78 is 7.86. The van der Waals surface area contributed by atoms with Crippen molar-refractivity contribution < 1.29 is 9.53 Å². The fourth-order valence-electron chi connectivity index (χ4n) is 4.01. The van der Waals surface area contributed by atoms with Crippen LogP contribution in [0.2, 0.25) is 0 Å². The average molecular weight is 420 g/mol. The fraction of sp³-hybridized carbons (Fsp3) is 0.571. The van der Waals surface area contributed by atoms with E-state index in [2.05, 4.69) is 20.9 Å². The lowest BCUT2D eigenvalue weighted by atomic mass is 9.98. The number of aromatic nitrogens is 3. The Morgan fingerprint density at radius 1 is 1.17 bits per heavy atom. The Morgan fingerprint density at radius 2 is 1.97 bits per heavy atom. The summed E-state index contributed by atoms with van der Waals surface area (Å²) in [6.07, 6.45) is 10.3. The molecule has 1 aromatic heterocycles. The Kier molecular flexibility index (Phi) is 8.03. The summed E-state index contributed by atoms with van der Waals surface area (Å²) in [4.78, 5) is 12.6. The summed E-state index contributed by atoms with van der Waals surface area (Å²) in [7, 11) is 0. The normalized spacial score (nSPS) is 18.2. The number of rotatable bonds is 6. The van der Waals surface area contributed by atoms with Crippen LogP contribution in [0.1, 0.15) is 67.0 Å². The van der Waals surface area contributed by atoms with Crippen LogP contribution >= 0.6 is 12.4 Å². The summed E-state index contributed by atoms with van der Waals surface area (Å²) in [6.45, 7) is 2.53. The third-order valence-corrected chi connectivity index (χ3v) is 5.65. The Morgan fingerprint density at radius 3 is 2.76 bits per heavy atom. The monoisotopic (exact) mass is 419 g/mol. The molecule has 1 saturated carbocycles. The third kappa shape index (κ3) is 6.01. The molecule has 2 aliphatic rings. The highest BCUT2D eigenvalue weighted by Gasteiger charge is 2.19. The quantitative estimate of drug-likeness (QED) is 0.745. The smallest absolute Gasteiger partial charge is 0.277 e. The standard InChI is InChI=1S/C21H29N5O2.ClH/c27-21(20-14-26(25-24-20)18-9-11-22-12-10-18)23-17-6-4-5-16(13-17)15-28-19-7-2-1-3-8-19;/h4-6,13-14,18-19,22H,1-3,7-12,15H2,(H,23,27);1H. The van der Waals surface area contributed by atoms with Crippen LogP contribution in [0.4, 0.5) is 5.69 Å². The van der Waals surface area contributed by atoms with Gasteiger partial charge in [0.05, 0.1) is 24.9 Å². The SMILES string of the molecule is Cl.O=C(Nc1cccc(COC2CCCCC2)c1)c1cn(C2CCNCC2)nn1. The number of hydrogen-bond acceptors (Lipinski definition) is 5. The zero-order valence-corrected chi connectivity index (χ0v) is 17.5. The zero-order chi connectivity index (χ0) is 19.2. The molecule has 2 N–H and O–H groups in total. The molecule has 0 bridgehead atoms.